The lowest BCUT2D eigenvalue weighted by Crippen LogP contribution is -2.41. The summed E-state index contributed by atoms with van der Waals surface area (Å²) in [5.41, 5.74) is 0.0977. The van der Waals surface area contributed by atoms with Crippen molar-refractivity contribution in [2.75, 3.05) is 6.61 Å². The van der Waals surface area contributed by atoms with Crippen LogP contribution in [0.3, 0.4) is 0 Å². The molecule has 0 spiro atoms. The van der Waals surface area contributed by atoms with E-state index in [2.05, 4.69) is 6.58 Å². The van der Waals surface area contributed by atoms with Gasteiger partial charge in [0.15, 0.2) is 0 Å². The minimum atomic E-state index is -0.936. The largest absolute Gasteiger partial charge is 0.491 e. The molecule has 0 bridgehead atoms. The smallest absolute Gasteiger partial charge is 0.320 e. The van der Waals surface area contributed by atoms with Gasteiger partial charge in [-0.05, 0) is 44.6 Å². The van der Waals surface area contributed by atoms with Crippen molar-refractivity contribution in [3.8, 4) is 0 Å². The lowest BCUT2D eigenvalue weighted by Gasteiger charge is -2.36. The maximum absolute atomic E-state index is 12.8. The molecule has 0 saturated heterocycles. The number of hydrogen-bond acceptors (Lipinski definition) is 4. The molecule has 0 heterocycles. The zero-order chi connectivity index (χ0) is 18.3. The van der Waals surface area contributed by atoms with Crippen LogP contribution in [0.2, 0.25) is 0 Å². The monoisotopic (exact) mass is 346 g/mol. The first-order chi connectivity index (χ1) is 12.0. The third kappa shape index (κ3) is 4.63. The number of carbonyl (C=O) groups is 1. The summed E-state index contributed by atoms with van der Waals surface area (Å²) in [4.78, 5) is 12.8. The molecule has 1 aromatic rings. The van der Waals surface area contributed by atoms with Gasteiger partial charge in [0.2, 0.25) is 0 Å². The van der Waals surface area contributed by atoms with Gasteiger partial charge in [-0.3, -0.25) is 4.79 Å². The second kappa shape index (κ2) is 9.04. The van der Waals surface area contributed by atoms with E-state index in [-0.39, 0.29) is 12.1 Å². The minimum Gasteiger partial charge on any atom is -0.491 e. The Morgan fingerprint density at radius 2 is 1.92 bits per heavy atom. The van der Waals surface area contributed by atoms with Gasteiger partial charge in [-0.2, -0.15) is 0 Å². The van der Waals surface area contributed by atoms with Crippen LogP contribution in [0.15, 0.2) is 42.7 Å². The fourth-order valence-electron chi connectivity index (χ4n) is 3.47. The summed E-state index contributed by atoms with van der Waals surface area (Å²) < 4.78 is 11.4. The number of aliphatic hydroxyl groups is 1. The second-order valence-corrected chi connectivity index (χ2v) is 6.75. The molecule has 1 aromatic carbocycles. The van der Waals surface area contributed by atoms with Crippen LogP contribution in [0.1, 0.15) is 51.5 Å². The molecule has 3 atom stereocenters. The van der Waals surface area contributed by atoms with Crippen LogP contribution < -0.4 is 0 Å². The quantitative estimate of drug-likeness (QED) is 0.570. The normalized spacial score (nSPS) is 22.7. The average Bonchev–Trinajstić information content (AvgIpc) is 2.62. The van der Waals surface area contributed by atoms with Crippen molar-refractivity contribution < 1.29 is 19.4 Å². The van der Waals surface area contributed by atoms with Gasteiger partial charge < -0.3 is 14.6 Å². The molecule has 4 heteroatoms. The first-order valence-electron chi connectivity index (χ1n) is 9.28. The first kappa shape index (κ1) is 19.5. The van der Waals surface area contributed by atoms with Gasteiger partial charge >= 0.3 is 5.97 Å². The van der Waals surface area contributed by atoms with Crippen LogP contribution in [-0.4, -0.2) is 29.9 Å². The molecular formula is C21H30O4. The Morgan fingerprint density at radius 3 is 2.52 bits per heavy atom. The lowest BCUT2D eigenvalue weighted by atomic mass is 9.77. The van der Waals surface area contributed by atoms with Crippen LogP contribution in [0.5, 0.6) is 0 Å². The van der Waals surface area contributed by atoms with Crippen molar-refractivity contribution in [2.45, 2.75) is 64.6 Å². The summed E-state index contributed by atoms with van der Waals surface area (Å²) in [6.45, 7) is 8.16. The molecular weight excluding hydrogens is 316 g/mol. The minimum absolute atomic E-state index is 0.294. The van der Waals surface area contributed by atoms with Gasteiger partial charge in [0.1, 0.15) is 17.3 Å². The maximum Gasteiger partial charge on any atom is 0.320 e. The van der Waals surface area contributed by atoms with Crippen molar-refractivity contribution >= 4 is 5.97 Å². The van der Waals surface area contributed by atoms with E-state index in [1.54, 1.807) is 6.92 Å². The summed E-state index contributed by atoms with van der Waals surface area (Å²) in [6, 6.07) is 9.84. The van der Waals surface area contributed by atoms with Crippen LogP contribution >= 0.6 is 0 Å². The van der Waals surface area contributed by atoms with Gasteiger partial charge in [-0.15, -0.1) is 0 Å². The van der Waals surface area contributed by atoms with E-state index in [1.165, 1.54) is 0 Å². The Hall–Kier alpha value is -1.81. The van der Waals surface area contributed by atoms with Crippen molar-refractivity contribution in [3.05, 3.63) is 48.2 Å². The van der Waals surface area contributed by atoms with Gasteiger partial charge in [-0.1, -0.05) is 50.3 Å². The Bertz CT molecular complexity index is 569. The number of aliphatic hydroxyl groups excluding tert-OH is 1. The predicted octanol–water partition coefficient (Wildman–Crippen LogP) is 4.02. The highest BCUT2D eigenvalue weighted by atomic mass is 16.5. The van der Waals surface area contributed by atoms with E-state index in [9.17, 15) is 9.90 Å². The van der Waals surface area contributed by atoms with Gasteiger partial charge in [-0.25, -0.2) is 0 Å². The van der Waals surface area contributed by atoms with Crippen LogP contribution in [-0.2, 0) is 20.7 Å². The Morgan fingerprint density at radius 1 is 1.24 bits per heavy atom. The van der Waals surface area contributed by atoms with E-state index in [1.807, 2.05) is 37.3 Å². The SMILES string of the molecule is C=C(O[C@H]1CCCC[C@@H]1O)[C@](CC)(Cc1ccccc1)C(=O)OCC. The van der Waals surface area contributed by atoms with Crippen molar-refractivity contribution in [2.24, 2.45) is 5.41 Å². The van der Waals surface area contributed by atoms with Crippen LogP contribution in [0.25, 0.3) is 0 Å². The molecule has 1 aliphatic carbocycles. The van der Waals surface area contributed by atoms with Crippen LogP contribution in [0.4, 0.5) is 0 Å². The standard InChI is InChI=1S/C21H30O4/c1-4-21(20(23)24-5-2,15-17-11-7-6-8-12-17)16(3)25-19-14-10-9-13-18(19)22/h6-8,11-12,18-19,22H,3-5,9-10,13-15H2,1-2H3/t18-,19-,21-/m0/s1. The Balaban J connectivity index is 2.25. The molecule has 138 valence electrons. The molecule has 4 nitrogen and oxygen atoms in total. The van der Waals surface area contributed by atoms with Crippen molar-refractivity contribution in [3.63, 3.8) is 0 Å². The summed E-state index contributed by atoms with van der Waals surface area (Å²) in [5, 5.41) is 10.2. The molecule has 0 unspecified atom stereocenters. The number of carbonyl (C=O) groups excluding carboxylic acids is 1. The van der Waals surface area contributed by atoms with Crippen LogP contribution in [0, 0.1) is 5.41 Å². The summed E-state index contributed by atoms with van der Waals surface area (Å²) in [7, 11) is 0. The molecule has 1 saturated carbocycles. The fourth-order valence-corrected chi connectivity index (χ4v) is 3.47. The molecule has 0 radical (unpaired) electrons. The highest BCUT2D eigenvalue weighted by Gasteiger charge is 2.44. The van der Waals surface area contributed by atoms with E-state index < -0.39 is 11.5 Å². The zero-order valence-electron chi connectivity index (χ0n) is 15.4. The number of ether oxygens (including phenoxy) is 2. The molecule has 1 fully saturated rings. The number of rotatable bonds is 8. The third-order valence-electron chi connectivity index (χ3n) is 5.11. The second-order valence-electron chi connectivity index (χ2n) is 6.75. The molecule has 0 aliphatic heterocycles. The van der Waals surface area contributed by atoms with E-state index in [4.69, 9.17) is 9.47 Å². The Labute approximate surface area is 150 Å². The number of benzene rings is 1. The van der Waals surface area contributed by atoms with E-state index in [0.29, 0.717) is 25.2 Å². The first-order valence-corrected chi connectivity index (χ1v) is 9.28. The number of hydrogen-bond donors (Lipinski definition) is 1. The fraction of sp³-hybridized carbons (Fsp3) is 0.571. The zero-order valence-corrected chi connectivity index (χ0v) is 15.4. The van der Waals surface area contributed by atoms with Gasteiger partial charge in [0, 0.05) is 0 Å². The molecule has 25 heavy (non-hydrogen) atoms. The average molecular weight is 346 g/mol. The van der Waals surface area contributed by atoms with Gasteiger partial charge in [0.05, 0.1) is 12.7 Å². The molecule has 2 rings (SSSR count). The molecule has 0 amide bonds. The van der Waals surface area contributed by atoms with Crippen molar-refractivity contribution in [1.29, 1.82) is 0 Å². The van der Waals surface area contributed by atoms with Gasteiger partial charge in [0.25, 0.3) is 0 Å². The Kier molecular flexibility index (Phi) is 7.06. The van der Waals surface area contributed by atoms with E-state index >= 15 is 0 Å². The summed E-state index contributed by atoms with van der Waals surface area (Å²) >= 11 is 0. The lowest BCUT2D eigenvalue weighted by molar-refractivity contribution is -0.157. The maximum atomic E-state index is 12.8. The van der Waals surface area contributed by atoms with E-state index in [0.717, 1.165) is 31.2 Å². The topological polar surface area (TPSA) is 55.8 Å². The predicted molar refractivity (Wildman–Crippen MR) is 98.0 cm³/mol. The molecule has 0 aromatic heterocycles. The highest BCUT2D eigenvalue weighted by Crippen LogP contribution is 2.39. The highest BCUT2D eigenvalue weighted by molar-refractivity contribution is 5.80. The summed E-state index contributed by atoms with van der Waals surface area (Å²) in [5.74, 6) is 0.0971. The number of esters is 1. The molecule has 1 N–H and O–H groups in total. The molecule has 1 aliphatic rings. The van der Waals surface area contributed by atoms with Crippen molar-refractivity contribution in [1.82, 2.24) is 0 Å². The third-order valence-corrected chi connectivity index (χ3v) is 5.11. The summed E-state index contributed by atoms with van der Waals surface area (Å²) in [6.07, 6.45) is 3.76.